The van der Waals surface area contributed by atoms with Crippen LogP contribution < -0.4 is 19.8 Å². The summed E-state index contributed by atoms with van der Waals surface area (Å²) in [7, 11) is -4.10. The number of carbonyl (C=O) groups excluding carboxylic acids is 2. The highest BCUT2D eigenvalue weighted by atomic mass is 35.5. The molecule has 0 atom stereocenters. The van der Waals surface area contributed by atoms with E-state index >= 15 is 0 Å². The molecule has 2 aromatic carbocycles. The number of rotatable bonds is 8. The SMILES string of the molecule is C#CCN1C(=O)COc2cc(F)c(/N=c3\snc4n3CC(C)(C)C4)cc21.CC1(C)CON(Cc2ccccc2Cl)C1=O.O=C(O)CNCP(=O)(O)O. The van der Waals surface area contributed by atoms with Crippen molar-refractivity contribution in [3.63, 3.8) is 0 Å². The number of benzene rings is 2. The zero-order chi connectivity index (χ0) is 38.4. The Morgan fingerprint density at radius 2 is 1.94 bits per heavy atom. The number of terminal acetylenes is 1. The number of ether oxygens (including phenoxy) is 1. The van der Waals surface area contributed by atoms with E-state index in [1.165, 1.54) is 33.6 Å². The molecule has 4 N–H and O–H groups in total. The van der Waals surface area contributed by atoms with Crippen LogP contribution in [0.5, 0.6) is 5.75 Å². The number of hydroxylamine groups is 2. The number of aliphatic carboxylic acids is 1. The maximum absolute atomic E-state index is 14.5. The van der Waals surface area contributed by atoms with Gasteiger partial charge in [0.05, 0.1) is 43.6 Å². The highest BCUT2D eigenvalue weighted by molar-refractivity contribution is 7.51. The van der Waals surface area contributed by atoms with E-state index in [9.17, 15) is 23.3 Å². The van der Waals surface area contributed by atoms with E-state index < -0.39 is 37.6 Å². The average Bonchev–Trinajstić information content (AvgIpc) is 3.65. The Kier molecular flexibility index (Phi) is 13.0. The van der Waals surface area contributed by atoms with Gasteiger partial charge in [-0.05, 0) is 37.0 Å². The number of carbonyl (C=O) groups is 3. The number of nitrogens with one attached hydrogen (secondary N) is 1. The quantitative estimate of drug-likeness (QED) is 0.192. The molecule has 52 heavy (non-hydrogen) atoms. The fourth-order valence-electron chi connectivity index (χ4n) is 5.15. The van der Waals surface area contributed by atoms with Crippen LogP contribution in [0.15, 0.2) is 41.4 Å². The van der Waals surface area contributed by atoms with Gasteiger partial charge in [0, 0.05) is 35.6 Å². The lowest BCUT2D eigenvalue weighted by molar-refractivity contribution is -0.165. The van der Waals surface area contributed by atoms with Gasteiger partial charge < -0.3 is 24.2 Å². The minimum Gasteiger partial charge on any atom is -0.481 e. The van der Waals surface area contributed by atoms with E-state index in [1.54, 1.807) is 0 Å². The summed E-state index contributed by atoms with van der Waals surface area (Å²) in [6.45, 7) is 9.20. The van der Waals surface area contributed by atoms with E-state index in [4.69, 9.17) is 42.5 Å². The van der Waals surface area contributed by atoms with Crippen LogP contribution in [0.3, 0.4) is 0 Å². The highest BCUT2D eigenvalue weighted by Crippen LogP contribution is 2.38. The van der Waals surface area contributed by atoms with Gasteiger partial charge >= 0.3 is 13.6 Å². The molecule has 19 heteroatoms. The van der Waals surface area contributed by atoms with Crippen LogP contribution in [0, 0.1) is 29.0 Å². The molecule has 0 saturated carbocycles. The fourth-order valence-corrected chi connectivity index (χ4v) is 6.51. The number of carboxylic acid groups (broad SMARTS) is 1. The van der Waals surface area contributed by atoms with Gasteiger partial charge in [-0.2, -0.15) is 4.37 Å². The molecule has 280 valence electrons. The van der Waals surface area contributed by atoms with Crippen LogP contribution in [0.2, 0.25) is 5.02 Å². The monoisotopic (exact) mass is 780 g/mol. The van der Waals surface area contributed by atoms with E-state index in [0.717, 1.165) is 24.4 Å². The zero-order valence-electron chi connectivity index (χ0n) is 28.8. The Bertz CT molecular complexity index is 1990. The first-order valence-electron chi connectivity index (χ1n) is 15.8. The molecule has 4 heterocycles. The molecule has 1 fully saturated rings. The molecular weight excluding hydrogens is 742 g/mol. The van der Waals surface area contributed by atoms with Crippen molar-refractivity contribution in [2.75, 3.05) is 37.5 Å². The van der Waals surface area contributed by atoms with Crippen molar-refractivity contribution in [1.29, 1.82) is 0 Å². The molecule has 2 amide bonds. The van der Waals surface area contributed by atoms with Crippen molar-refractivity contribution in [3.05, 3.63) is 63.4 Å². The van der Waals surface area contributed by atoms with Crippen molar-refractivity contribution in [2.45, 2.75) is 47.2 Å². The minimum absolute atomic E-state index is 0.00687. The van der Waals surface area contributed by atoms with Crippen LogP contribution in [0.1, 0.15) is 39.1 Å². The van der Waals surface area contributed by atoms with Gasteiger partial charge in [0.15, 0.2) is 12.4 Å². The Hall–Kier alpha value is -4.14. The third-order valence-corrected chi connectivity index (χ3v) is 9.47. The number of fused-ring (bicyclic) bond motifs is 2. The van der Waals surface area contributed by atoms with Crippen LogP contribution >= 0.6 is 30.7 Å². The molecule has 0 spiro atoms. The second kappa shape index (κ2) is 16.7. The third-order valence-electron chi connectivity index (χ3n) is 7.69. The first kappa shape index (κ1) is 40.6. The number of halogens is 2. The standard InChI is InChI=1S/C18H17FN4O2S.C12H14ClNO2.C3H8NO5P/c1-4-5-22-13-7-12(11(19)6-14(13)25-9-16(22)24)20-17-23-10-18(2,3)8-15(23)21-26-17;1-12(2)8-16-14(11(12)15)7-9-5-3-4-6-10(9)13;5-3(6)1-4-2-10(7,8)9/h1,6-7H,5,8-10H2,2-3H3;3-6H,7-8H2,1-2H3;4H,1-2H2,(H,5,6)(H2,7,8,9)/b20-17-;;. The summed E-state index contributed by atoms with van der Waals surface area (Å²) in [6.07, 6.45) is 5.62. The lowest BCUT2D eigenvalue weighted by Crippen LogP contribution is -2.39. The Morgan fingerprint density at radius 3 is 2.56 bits per heavy atom. The predicted molar refractivity (Wildman–Crippen MR) is 190 cm³/mol. The zero-order valence-corrected chi connectivity index (χ0v) is 31.3. The van der Waals surface area contributed by atoms with Crippen molar-refractivity contribution in [2.24, 2.45) is 15.8 Å². The molecule has 3 aliphatic rings. The summed E-state index contributed by atoms with van der Waals surface area (Å²) in [5.74, 6) is 1.78. The van der Waals surface area contributed by atoms with Gasteiger partial charge in [0.2, 0.25) is 4.80 Å². The van der Waals surface area contributed by atoms with Crippen LogP contribution in [-0.4, -0.2) is 79.3 Å². The summed E-state index contributed by atoms with van der Waals surface area (Å²) in [5.41, 5.74) is 1.15. The molecule has 0 unspecified atom stereocenters. The van der Waals surface area contributed by atoms with Gasteiger partial charge in [-0.3, -0.25) is 34.0 Å². The third kappa shape index (κ3) is 10.7. The van der Waals surface area contributed by atoms with Gasteiger partial charge in [-0.15, -0.1) is 6.42 Å². The molecule has 0 radical (unpaired) electrons. The van der Waals surface area contributed by atoms with E-state index in [1.807, 2.05) is 42.7 Å². The van der Waals surface area contributed by atoms with Gasteiger partial charge in [-0.1, -0.05) is 49.6 Å². The first-order valence-corrected chi connectivity index (χ1v) is 18.7. The summed E-state index contributed by atoms with van der Waals surface area (Å²) in [5, 5.41) is 12.1. The van der Waals surface area contributed by atoms with Crippen molar-refractivity contribution in [1.82, 2.24) is 19.3 Å². The number of hydrogen-bond acceptors (Lipinski definition) is 10. The summed E-state index contributed by atoms with van der Waals surface area (Å²) in [4.78, 5) is 62.0. The number of aromatic nitrogens is 2. The normalized spacial score (nSPS) is 17.2. The molecule has 15 nitrogen and oxygen atoms in total. The molecular formula is C33H39ClFN6O9PS. The number of anilines is 1. The van der Waals surface area contributed by atoms with Crippen LogP contribution in [0.25, 0.3) is 0 Å². The number of nitrogens with zero attached hydrogens (tertiary/aromatic N) is 5. The predicted octanol–water partition coefficient (Wildman–Crippen LogP) is 3.69. The molecule has 1 aromatic heterocycles. The topological polar surface area (TPSA) is 196 Å². The van der Waals surface area contributed by atoms with Gasteiger partial charge in [0.25, 0.3) is 11.8 Å². The lowest BCUT2D eigenvalue weighted by atomic mass is 9.92. The van der Waals surface area contributed by atoms with Crippen molar-refractivity contribution < 1.29 is 47.8 Å². The second-order valence-electron chi connectivity index (χ2n) is 13.4. The Morgan fingerprint density at radius 1 is 1.23 bits per heavy atom. The van der Waals surface area contributed by atoms with E-state index in [2.05, 4.69) is 34.5 Å². The largest absolute Gasteiger partial charge is 0.481 e. The number of amides is 2. The van der Waals surface area contributed by atoms with Crippen LogP contribution in [-0.2, 0) is 43.3 Å². The summed E-state index contributed by atoms with van der Waals surface area (Å²) >= 11 is 7.27. The van der Waals surface area contributed by atoms with Gasteiger partial charge in [-0.25, -0.2) is 14.4 Å². The molecule has 0 bridgehead atoms. The second-order valence-corrected chi connectivity index (χ2v) is 16.2. The minimum atomic E-state index is -4.10. The number of carboxylic acids is 1. The van der Waals surface area contributed by atoms with Crippen molar-refractivity contribution in [3.8, 4) is 18.1 Å². The maximum Gasteiger partial charge on any atom is 0.339 e. The molecule has 3 aromatic rings. The van der Waals surface area contributed by atoms with E-state index in [-0.39, 0.29) is 36.1 Å². The average molecular weight is 781 g/mol. The smallest absolute Gasteiger partial charge is 0.339 e. The highest BCUT2D eigenvalue weighted by Gasteiger charge is 2.40. The molecule has 6 rings (SSSR count). The molecule has 3 aliphatic heterocycles. The lowest BCUT2D eigenvalue weighted by Gasteiger charge is -2.28. The summed E-state index contributed by atoms with van der Waals surface area (Å²) in [6, 6.07) is 10.2. The Balaban J connectivity index is 0.000000198. The molecule has 0 aliphatic carbocycles. The number of hydrogen-bond donors (Lipinski definition) is 4. The Labute approximate surface area is 308 Å². The summed E-state index contributed by atoms with van der Waals surface area (Å²) < 4.78 is 36.4. The van der Waals surface area contributed by atoms with E-state index in [0.29, 0.717) is 34.4 Å². The van der Waals surface area contributed by atoms with Crippen molar-refractivity contribution >= 4 is 59.9 Å². The van der Waals surface area contributed by atoms with Crippen LogP contribution in [0.4, 0.5) is 15.8 Å². The van der Waals surface area contributed by atoms with Gasteiger partial charge in [0.1, 0.15) is 17.3 Å². The maximum atomic E-state index is 14.5. The first-order chi connectivity index (χ1) is 24.3. The fraction of sp³-hybridized carbons (Fsp3) is 0.424. The molecule has 1 saturated heterocycles.